The first-order valence-electron chi connectivity index (χ1n) is 13.3. The molecule has 1 N–H and O–H groups in total. The van der Waals surface area contributed by atoms with Gasteiger partial charge in [-0.1, -0.05) is 12.1 Å². The third-order valence-corrected chi connectivity index (χ3v) is 9.21. The van der Waals surface area contributed by atoms with Gasteiger partial charge < -0.3 is 5.32 Å². The first-order valence-corrected chi connectivity index (χ1v) is 14.1. The van der Waals surface area contributed by atoms with Crippen molar-refractivity contribution in [3.63, 3.8) is 0 Å². The van der Waals surface area contributed by atoms with Gasteiger partial charge in [0, 0.05) is 54.1 Å². The molecule has 188 valence electrons. The second kappa shape index (κ2) is 10.3. The van der Waals surface area contributed by atoms with Crippen LogP contribution in [-0.2, 0) is 17.8 Å². The number of amides is 2. The van der Waals surface area contributed by atoms with Crippen molar-refractivity contribution in [3.05, 3.63) is 52.7 Å². The molecule has 36 heavy (non-hydrogen) atoms. The molecule has 4 heterocycles. The van der Waals surface area contributed by atoms with Crippen LogP contribution in [0.2, 0.25) is 0 Å². The molecule has 0 bridgehead atoms. The van der Waals surface area contributed by atoms with Gasteiger partial charge in [-0.3, -0.25) is 24.4 Å². The summed E-state index contributed by atoms with van der Waals surface area (Å²) in [5.41, 5.74) is 2.75. The SMILES string of the molecule is O=C(N[C@H]1CC[C@H](CCN2CCc3sc(N4CCCC4=O)nc3C2)CC1)c1cccc2ncccc12. The van der Waals surface area contributed by atoms with Crippen molar-refractivity contribution in [1.29, 1.82) is 0 Å². The van der Waals surface area contributed by atoms with Crippen LogP contribution in [0.4, 0.5) is 5.13 Å². The van der Waals surface area contributed by atoms with E-state index >= 15 is 0 Å². The number of pyridine rings is 1. The number of aromatic nitrogens is 2. The summed E-state index contributed by atoms with van der Waals surface area (Å²) in [5, 5.41) is 5.10. The minimum absolute atomic E-state index is 0.0134. The van der Waals surface area contributed by atoms with E-state index in [1.54, 1.807) is 17.5 Å². The Hall–Kier alpha value is -2.84. The van der Waals surface area contributed by atoms with Crippen molar-refractivity contribution < 1.29 is 9.59 Å². The number of nitrogens with zero attached hydrogens (tertiary/aromatic N) is 4. The minimum Gasteiger partial charge on any atom is -0.349 e. The molecule has 0 spiro atoms. The number of hydrogen-bond donors (Lipinski definition) is 1. The number of carbonyl (C=O) groups excluding carboxylic acids is 2. The van der Waals surface area contributed by atoms with Gasteiger partial charge in [0.25, 0.3) is 5.91 Å². The minimum atomic E-state index is 0.0134. The maximum atomic E-state index is 13.0. The van der Waals surface area contributed by atoms with Crippen LogP contribution in [0.5, 0.6) is 0 Å². The van der Waals surface area contributed by atoms with E-state index in [1.807, 2.05) is 35.2 Å². The quantitative estimate of drug-likeness (QED) is 0.534. The molecule has 2 amide bonds. The lowest BCUT2D eigenvalue weighted by Gasteiger charge is -2.32. The monoisotopic (exact) mass is 503 g/mol. The average Bonchev–Trinajstić information content (AvgIpc) is 3.53. The van der Waals surface area contributed by atoms with Crippen molar-refractivity contribution in [1.82, 2.24) is 20.2 Å². The van der Waals surface area contributed by atoms with Gasteiger partial charge in [0.1, 0.15) is 0 Å². The van der Waals surface area contributed by atoms with E-state index in [2.05, 4.69) is 15.2 Å². The summed E-state index contributed by atoms with van der Waals surface area (Å²) in [5.74, 6) is 0.952. The zero-order valence-electron chi connectivity index (χ0n) is 20.6. The van der Waals surface area contributed by atoms with Gasteiger partial charge in [-0.05, 0) is 75.6 Å². The van der Waals surface area contributed by atoms with E-state index in [0.717, 1.165) is 73.8 Å². The maximum absolute atomic E-state index is 13.0. The number of fused-ring (bicyclic) bond motifs is 2. The van der Waals surface area contributed by atoms with E-state index in [4.69, 9.17) is 4.98 Å². The summed E-state index contributed by atoms with van der Waals surface area (Å²) in [7, 11) is 0. The molecule has 2 fully saturated rings. The zero-order chi connectivity index (χ0) is 24.5. The fraction of sp³-hybridized carbons (Fsp3) is 0.500. The molecule has 1 saturated carbocycles. The highest BCUT2D eigenvalue weighted by Crippen LogP contribution is 2.33. The molecule has 1 saturated heterocycles. The molecule has 1 aromatic carbocycles. The molecular formula is C28H33N5O2S. The lowest BCUT2D eigenvalue weighted by molar-refractivity contribution is -0.117. The first kappa shape index (κ1) is 23.6. The number of nitrogens with one attached hydrogen (secondary N) is 1. The van der Waals surface area contributed by atoms with Crippen molar-refractivity contribution >= 4 is 39.2 Å². The smallest absolute Gasteiger partial charge is 0.252 e. The second-order valence-corrected chi connectivity index (χ2v) is 11.5. The third-order valence-electron chi connectivity index (χ3n) is 8.03. The molecule has 0 atom stereocenters. The third kappa shape index (κ3) is 4.89. The Morgan fingerprint density at radius 3 is 2.81 bits per heavy atom. The van der Waals surface area contributed by atoms with E-state index in [-0.39, 0.29) is 17.9 Å². The van der Waals surface area contributed by atoms with Crippen LogP contribution in [0.1, 0.15) is 65.9 Å². The van der Waals surface area contributed by atoms with Crippen molar-refractivity contribution in [2.75, 3.05) is 24.5 Å². The first-order chi connectivity index (χ1) is 17.6. The van der Waals surface area contributed by atoms with Crippen molar-refractivity contribution in [3.8, 4) is 0 Å². The highest BCUT2D eigenvalue weighted by Gasteiger charge is 2.29. The number of rotatable bonds is 6. The van der Waals surface area contributed by atoms with Crippen LogP contribution in [0.15, 0.2) is 36.5 Å². The summed E-state index contributed by atoms with van der Waals surface area (Å²) in [6.45, 7) is 3.89. The average molecular weight is 504 g/mol. The van der Waals surface area contributed by atoms with Gasteiger partial charge >= 0.3 is 0 Å². The molecule has 1 aliphatic carbocycles. The van der Waals surface area contributed by atoms with Gasteiger partial charge in [-0.15, -0.1) is 11.3 Å². The summed E-state index contributed by atoms with van der Waals surface area (Å²) in [6.07, 6.45) is 10.0. The molecular weight excluding hydrogens is 470 g/mol. The summed E-state index contributed by atoms with van der Waals surface area (Å²) in [4.78, 5) is 40.0. The van der Waals surface area contributed by atoms with Crippen LogP contribution >= 0.6 is 11.3 Å². The Morgan fingerprint density at radius 2 is 1.97 bits per heavy atom. The molecule has 3 aliphatic rings. The largest absolute Gasteiger partial charge is 0.349 e. The van der Waals surface area contributed by atoms with Crippen LogP contribution in [0, 0.1) is 5.92 Å². The molecule has 3 aromatic rings. The van der Waals surface area contributed by atoms with Gasteiger partial charge in [-0.25, -0.2) is 4.98 Å². The number of thiazole rings is 1. The Kier molecular flexibility index (Phi) is 6.71. The topological polar surface area (TPSA) is 78.4 Å². The van der Waals surface area contributed by atoms with E-state index in [9.17, 15) is 9.59 Å². The van der Waals surface area contributed by atoms with Crippen molar-refractivity contribution in [2.24, 2.45) is 5.92 Å². The molecule has 8 heteroatoms. The Bertz CT molecular complexity index is 1260. The maximum Gasteiger partial charge on any atom is 0.252 e. The van der Waals surface area contributed by atoms with Crippen LogP contribution in [0.3, 0.4) is 0 Å². The normalized spacial score (nSPS) is 22.7. The number of carbonyl (C=O) groups is 2. The van der Waals surface area contributed by atoms with Crippen molar-refractivity contribution in [2.45, 2.75) is 64.0 Å². The number of anilines is 1. The van der Waals surface area contributed by atoms with Gasteiger partial charge in [-0.2, -0.15) is 0 Å². The summed E-state index contributed by atoms with van der Waals surface area (Å²) in [6, 6.07) is 9.85. The van der Waals surface area contributed by atoms with Crippen LogP contribution in [0.25, 0.3) is 10.9 Å². The second-order valence-electron chi connectivity index (χ2n) is 10.4. The number of benzene rings is 1. The predicted molar refractivity (Wildman–Crippen MR) is 142 cm³/mol. The molecule has 0 unspecified atom stereocenters. The molecule has 2 aliphatic heterocycles. The molecule has 0 radical (unpaired) electrons. The van der Waals surface area contributed by atoms with Gasteiger partial charge in [0.05, 0.1) is 11.2 Å². The summed E-state index contributed by atoms with van der Waals surface area (Å²) < 4.78 is 0. The molecule has 2 aromatic heterocycles. The predicted octanol–water partition coefficient (Wildman–Crippen LogP) is 4.56. The van der Waals surface area contributed by atoms with Gasteiger partial charge in [0.2, 0.25) is 5.91 Å². The fourth-order valence-corrected chi connectivity index (χ4v) is 7.02. The Balaban J connectivity index is 0.972. The highest BCUT2D eigenvalue weighted by atomic mass is 32.1. The standard InChI is InChI=1S/C28H33N5O2S/c34-26-7-3-15-33(26)28-31-24-18-32(17-13-25(24)36-28)16-12-19-8-10-20(11-9-19)30-27(35)22-4-1-6-23-21(22)5-2-14-29-23/h1-2,4-6,14,19-20H,3,7-13,15-18H2,(H,30,35)/t19-,20-. The van der Waals surface area contributed by atoms with E-state index < -0.39 is 0 Å². The zero-order valence-corrected chi connectivity index (χ0v) is 21.4. The fourth-order valence-electron chi connectivity index (χ4n) is 5.92. The lowest BCUT2D eigenvalue weighted by atomic mass is 9.84. The Morgan fingerprint density at radius 1 is 1.08 bits per heavy atom. The van der Waals surface area contributed by atoms with Crippen LogP contribution in [-0.4, -0.2) is 52.4 Å². The highest BCUT2D eigenvalue weighted by molar-refractivity contribution is 7.16. The lowest BCUT2D eigenvalue weighted by Crippen LogP contribution is -2.38. The van der Waals surface area contributed by atoms with Crippen LogP contribution < -0.4 is 10.2 Å². The van der Waals surface area contributed by atoms with E-state index in [0.29, 0.717) is 12.0 Å². The summed E-state index contributed by atoms with van der Waals surface area (Å²) >= 11 is 1.72. The molecule has 6 rings (SSSR count). The van der Waals surface area contributed by atoms with Gasteiger partial charge in [0.15, 0.2) is 5.13 Å². The Labute approximate surface area is 215 Å². The van der Waals surface area contributed by atoms with E-state index in [1.165, 1.54) is 29.8 Å². The number of hydrogen-bond acceptors (Lipinski definition) is 6. The molecule has 7 nitrogen and oxygen atoms in total.